The van der Waals surface area contributed by atoms with Gasteiger partial charge in [-0.15, -0.1) is 0 Å². The van der Waals surface area contributed by atoms with Crippen LogP contribution in [0.4, 0.5) is 0 Å². The van der Waals surface area contributed by atoms with Gasteiger partial charge in [-0.2, -0.15) is 0 Å². The molecule has 1 aliphatic rings. The highest BCUT2D eigenvalue weighted by atomic mass is 16.5. The van der Waals surface area contributed by atoms with Crippen LogP contribution >= 0.6 is 0 Å². The molecule has 0 saturated heterocycles. The van der Waals surface area contributed by atoms with Gasteiger partial charge in [-0.25, -0.2) is 4.98 Å². The van der Waals surface area contributed by atoms with Crippen molar-refractivity contribution < 1.29 is 18.6 Å². The first-order valence-electron chi connectivity index (χ1n) is 9.05. The van der Waals surface area contributed by atoms with E-state index in [-0.39, 0.29) is 6.10 Å². The number of benzene rings is 2. The Morgan fingerprint density at radius 2 is 1.96 bits per heavy atom. The number of pyridine rings is 1. The van der Waals surface area contributed by atoms with E-state index in [1.54, 1.807) is 13.3 Å². The maximum absolute atomic E-state index is 5.97. The molecule has 2 aromatic heterocycles. The first-order valence-corrected chi connectivity index (χ1v) is 9.05. The number of fused-ring (bicyclic) bond motifs is 2. The molecule has 4 aromatic rings. The summed E-state index contributed by atoms with van der Waals surface area (Å²) in [6.45, 7) is 0.362. The Hall–Kier alpha value is -3.54. The van der Waals surface area contributed by atoms with E-state index in [2.05, 4.69) is 16.0 Å². The van der Waals surface area contributed by atoms with Crippen molar-refractivity contribution in [2.45, 2.75) is 19.1 Å². The molecule has 6 nitrogen and oxygen atoms in total. The van der Waals surface area contributed by atoms with Gasteiger partial charge in [-0.1, -0.05) is 18.2 Å². The van der Waals surface area contributed by atoms with Crippen molar-refractivity contribution in [3.63, 3.8) is 0 Å². The lowest BCUT2D eigenvalue weighted by atomic mass is 10.1. The summed E-state index contributed by atoms with van der Waals surface area (Å²) >= 11 is 0. The smallest absolute Gasteiger partial charge is 0.237 e. The summed E-state index contributed by atoms with van der Waals surface area (Å²) in [7, 11) is 1.61. The highest BCUT2D eigenvalue weighted by molar-refractivity contribution is 5.74. The number of hydrogen-bond donors (Lipinski definition) is 0. The summed E-state index contributed by atoms with van der Waals surface area (Å²) in [4.78, 5) is 8.91. The summed E-state index contributed by atoms with van der Waals surface area (Å²) in [6.07, 6.45) is 2.23. The first-order chi connectivity index (χ1) is 13.8. The summed E-state index contributed by atoms with van der Waals surface area (Å²) in [6, 6.07) is 17.4. The second-order valence-corrected chi connectivity index (χ2v) is 6.58. The fourth-order valence-electron chi connectivity index (χ4n) is 3.25. The molecule has 1 atom stereocenters. The Morgan fingerprint density at radius 1 is 1.07 bits per heavy atom. The molecule has 0 aliphatic carbocycles. The van der Waals surface area contributed by atoms with Gasteiger partial charge in [0, 0.05) is 12.5 Å². The molecule has 0 spiro atoms. The number of aromatic nitrogens is 2. The highest BCUT2D eigenvalue weighted by Crippen LogP contribution is 2.37. The molecule has 0 bridgehead atoms. The van der Waals surface area contributed by atoms with Crippen molar-refractivity contribution in [3.05, 3.63) is 77.9 Å². The molecule has 5 rings (SSSR count). The van der Waals surface area contributed by atoms with Gasteiger partial charge in [0.1, 0.15) is 29.4 Å². The maximum atomic E-state index is 5.97. The van der Waals surface area contributed by atoms with E-state index < -0.39 is 0 Å². The Bertz CT molecular complexity index is 1100. The predicted octanol–water partition coefficient (Wildman–Crippen LogP) is 4.49. The molecule has 0 N–H and O–H groups in total. The molecule has 0 unspecified atom stereocenters. The molecule has 0 fully saturated rings. The van der Waals surface area contributed by atoms with Gasteiger partial charge in [0.15, 0.2) is 11.7 Å². The number of ether oxygens (including phenoxy) is 3. The van der Waals surface area contributed by atoms with Crippen LogP contribution in [0.25, 0.3) is 11.1 Å². The Morgan fingerprint density at radius 3 is 2.79 bits per heavy atom. The van der Waals surface area contributed by atoms with Crippen molar-refractivity contribution in [1.29, 1.82) is 0 Å². The van der Waals surface area contributed by atoms with Crippen molar-refractivity contribution in [2.75, 3.05) is 7.11 Å². The van der Waals surface area contributed by atoms with E-state index in [9.17, 15) is 0 Å². The minimum absolute atomic E-state index is 0.197. The number of oxazole rings is 1. The minimum Gasteiger partial charge on any atom is -0.495 e. The average molecular weight is 374 g/mol. The highest BCUT2D eigenvalue weighted by Gasteiger charge is 2.28. The second kappa shape index (κ2) is 6.88. The van der Waals surface area contributed by atoms with Crippen LogP contribution in [0, 0.1) is 0 Å². The lowest BCUT2D eigenvalue weighted by molar-refractivity contribution is 0.201. The van der Waals surface area contributed by atoms with Crippen LogP contribution in [-0.2, 0) is 13.0 Å². The van der Waals surface area contributed by atoms with Gasteiger partial charge in [0.2, 0.25) is 5.89 Å². The number of hydrogen-bond acceptors (Lipinski definition) is 6. The van der Waals surface area contributed by atoms with Gasteiger partial charge in [-0.05, 0) is 35.9 Å². The third kappa shape index (κ3) is 3.13. The van der Waals surface area contributed by atoms with Crippen LogP contribution < -0.4 is 14.2 Å². The molecule has 140 valence electrons. The number of methoxy groups -OCH3 is 1. The van der Waals surface area contributed by atoms with Crippen molar-refractivity contribution >= 4 is 11.1 Å². The van der Waals surface area contributed by atoms with Crippen LogP contribution in [0.3, 0.4) is 0 Å². The quantitative estimate of drug-likeness (QED) is 0.513. The topological polar surface area (TPSA) is 66.6 Å². The molecule has 2 aromatic carbocycles. The van der Waals surface area contributed by atoms with Gasteiger partial charge >= 0.3 is 0 Å². The molecule has 0 radical (unpaired) electrons. The van der Waals surface area contributed by atoms with Crippen molar-refractivity contribution in [2.24, 2.45) is 0 Å². The predicted molar refractivity (Wildman–Crippen MR) is 103 cm³/mol. The van der Waals surface area contributed by atoms with E-state index in [1.807, 2.05) is 48.5 Å². The molecule has 0 saturated carbocycles. The second-order valence-electron chi connectivity index (χ2n) is 6.58. The monoisotopic (exact) mass is 374 g/mol. The van der Waals surface area contributed by atoms with Gasteiger partial charge < -0.3 is 18.6 Å². The zero-order valence-electron chi connectivity index (χ0n) is 15.3. The molecule has 28 heavy (non-hydrogen) atoms. The Labute approximate surface area is 161 Å². The van der Waals surface area contributed by atoms with E-state index >= 15 is 0 Å². The lowest BCUT2D eigenvalue weighted by Gasteiger charge is -2.06. The van der Waals surface area contributed by atoms with Crippen LogP contribution in [0.2, 0.25) is 0 Å². The SMILES string of the molecule is COc1ccc(COc2ccc3oc([C@H]4Cc5ccccc5O4)nc3c2)nc1. The van der Waals surface area contributed by atoms with Gasteiger partial charge in [0.25, 0.3) is 0 Å². The van der Waals surface area contributed by atoms with Crippen LogP contribution in [0.1, 0.15) is 23.3 Å². The first kappa shape index (κ1) is 16.6. The summed E-state index contributed by atoms with van der Waals surface area (Å²) in [5, 5.41) is 0. The molecule has 0 amide bonds. The Balaban J connectivity index is 1.31. The van der Waals surface area contributed by atoms with Crippen molar-refractivity contribution in [1.82, 2.24) is 9.97 Å². The van der Waals surface area contributed by atoms with Gasteiger partial charge in [0.05, 0.1) is 19.0 Å². The number of para-hydroxylation sites is 1. The van der Waals surface area contributed by atoms with Crippen molar-refractivity contribution in [3.8, 4) is 17.2 Å². The zero-order chi connectivity index (χ0) is 18.9. The lowest BCUT2D eigenvalue weighted by Crippen LogP contribution is -2.03. The van der Waals surface area contributed by atoms with Crippen LogP contribution in [0.5, 0.6) is 17.2 Å². The zero-order valence-corrected chi connectivity index (χ0v) is 15.3. The third-order valence-corrected chi connectivity index (χ3v) is 4.72. The van der Waals surface area contributed by atoms with Crippen LogP contribution in [0.15, 0.2) is 65.2 Å². The summed E-state index contributed by atoms with van der Waals surface area (Å²) < 4.78 is 22.8. The van der Waals surface area contributed by atoms with Gasteiger partial charge in [-0.3, -0.25) is 4.98 Å². The fraction of sp³-hybridized carbons (Fsp3) is 0.182. The summed E-state index contributed by atoms with van der Waals surface area (Å²) in [5.74, 6) is 2.91. The average Bonchev–Trinajstić information content (AvgIpc) is 3.36. The standard InChI is InChI=1S/C22H18N2O4/c1-25-17-7-6-15(23-12-17)13-26-16-8-9-20-18(11-16)24-22(28-20)21-10-14-4-2-3-5-19(14)27-21/h2-9,11-12,21H,10,13H2,1H3/t21-/m1/s1. The molecular formula is C22H18N2O4. The van der Waals surface area contributed by atoms with E-state index in [1.165, 1.54) is 5.56 Å². The molecule has 1 aliphatic heterocycles. The maximum Gasteiger partial charge on any atom is 0.237 e. The van der Waals surface area contributed by atoms with E-state index in [0.29, 0.717) is 23.8 Å². The number of nitrogens with zero attached hydrogens (tertiary/aromatic N) is 2. The minimum atomic E-state index is -0.197. The van der Waals surface area contributed by atoms with Crippen LogP contribution in [-0.4, -0.2) is 17.1 Å². The molecule has 3 heterocycles. The van der Waals surface area contributed by atoms with E-state index in [0.717, 1.165) is 29.1 Å². The largest absolute Gasteiger partial charge is 0.495 e. The summed E-state index contributed by atoms with van der Waals surface area (Å²) in [5.41, 5.74) is 3.45. The molecule has 6 heteroatoms. The fourth-order valence-corrected chi connectivity index (χ4v) is 3.25. The van der Waals surface area contributed by atoms with E-state index in [4.69, 9.17) is 18.6 Å². The molecular weight excluding hydrogens is 356 g/mol. The number of rotatable bonds is 5. The Kier molecular flexibility index (Phi) is 4.09. The third-order valence-electron chi connectivity index (χ3n) is 4.72. The normalized spacial score (nSPS) is 15.2.